The quantitative estimate of drug-likeness (QED) is 0.575. The summed E-state index contributed by atoms with van der Waals surface area (Å²) in [4.78, 5) is 34.3. The van der Waals surface area contributed by atoms with E-state index >= 15 is 0 Å². The number of halogens is 2. The maximum absolute atomic E-state index is 13.4. The largest absolute Gasteiger partial charge is 0.455 e. The Kier molecular flexibility index (Phi) is 8.17. The average molecular weight is 360 g/mol. The van der Waals surface area contributed by atoms with Crippen molar-refractivity contribution in [2.45, 2.75) is 31.2 Å². The van der Waals surface area contributed by atoms with Gasteiger partial charge in [-0.15, -0.1) is 11.8 Å². The van der Waals surface area contributed by atoms with Gasteiger partial charge in [-0.2, -0.15) is 0 Å². The van der Waals surface area contributed by atoms with Crippen molar-refractivity contribution >= 4 is 29.7 Å². The number of carbonyl (C=O) groups excluding carboxylic acids is 3. The van der Waals surface area contributed by atoms with Gasteiger partial charge in [-0.05, 0) is 31.5 Å². The molecule has 0 unspecified atom stereocenters. The molecule has 9 heteroatoms. The van der Waals surface area contributed by atoms with Gasteiger partial charge in [0.25, 0.3) is 5.91 Å². The van der Waals surface area contributed by atoms with Crippen molar-refractivity contribution < 1.29 is 27.9 Å². The van der Waals surface area contributed by atoms with Crippen LogP contribution in [0.4, 0.5) is 13.6 Å². The molecule has 0 saturated heterocycles. The van der Waals surface area contributed by atoms with Gasteiger partial charge in [-0.3, -0.25) is 14.9 Å². The molecule has 0 aliphatic carbocycles. The van der Waals surface area contributed by atoms with E-state index in [1.165, 1.54) is 0 Å². The molecule has 1 atom stereocenters. The molecule has 1 aromatic rings. The van der Waals surface area contributed by atoms with Crippen LogP contribution >= 0.6 is 11.8 Å². The summed E-state index contributed by atoms with van der Waals surface area (Å²) >= 11 is 0.746. The highest BCUT2D eigenvalue weighted by Gasteiger charge is 2.13. The standard InChI is InChI=1S/C15H18F2N2O4S/c1-3-9(2)18-15(22)19-13(20)7-23-14(21)8-24-12-6-10(16)4-5-11(12)17/h4-6,9H,3,7-8H2,1-2H3,(H2,18,19,20,22)/t9-/m1/s1. The smallest absolute Gasteiger partial charge is 0.321 e. The number of amides is 3. The van der Waals surface area contributed by atoms with Crippen LogP contribution in [0.3, 0.4) is 0 Å². The van der Waals surface area contributed by atoms with E-state index < -0.39 is 36.1 Å². The van der Waals surface area contributed by atoms with Gasteiger partial charge >= 0.3 is 12.0 Å². The number of thioether (sulfide) groups is 1. The number of ether oxygens (including phenoxy) is 1. The number of esters is 1. The van der Waals surface area contributed by atoms with Gasteiger partial charge in [0.15, 0.2) is 6.61 Å². The minimum Gasteiger partial charge on any atom is -0.455 e. The van der Waals surface area contributed by atoms with Gasteiger partial charge in [0.2, 0.25) is 0 Å². The zero-order chi connectivity index (χ0) is 18.1. The summed E-state index contributed by atoms with van der Waals surface area (Å²) in [6, 6.07) is 2.09. The van der Waals surface area contributed by atoms with E-state index in [1.54, 1.807) is 6.92 Å². The fraction of sp³-hybridized carbons (Fsp3) is 0.400. The third-order valence-corrected chi connectivity index (χ3v) is 3.85. The van der Waals surface area contributed by atoms with Crippen molar-refractivity contribution in [3.05, 3.63) is 29.8 Å². The van der Waals surface area contributed by atoms with Crippen LogP contribution in [0.2, 0.25) is 0 Å². The highest BCUT2D eigenvalue weighted by Crippen LogP contribution is 2.22. The Morgan fingerprint density at radius 3 is 2.67 bits per heavy atom. The van der Waals surface area contributed by atoms with Crippen LogP contribution in [0.5, 0.6) is 0 Å². The molecule has 2 N–H and O–H groups in total. The van der Waals surface area contributed by atoms with Crippen LogP contribution < -0.4 is 10.6 Å². The van der Waals surface area contributed by atoms with Gasteiger partial charge in [-0.25, -0.2) is 13.6 Å². The number of benzene rings is 1. The van der Waals surface area contributed by atoms with E-state index in [0.29, 0.717) is 6.42 Å². The van der Waals surface area contributed by atoms with Crippen molar-refractivity contribution in [1.29, 1.82) is 0 Å². The maximum Gasteiger partial charge on any atom is 0.321 e. The molecular weight excluding hydrogens is 342 g/mol. The topological polar surface area (TPSA) is 84.5 Å². The average Bonchev–Trinajstić information content (AvgIpc) is 2.53. The lowest BCUT2D eigenvalue weighted by atomic mass is 10.3. The minimum absolute atomic E-state index is 0.0377. The van der Waals surface area contributed by atoms with Crippen LogP contribution in [-0.4, -0.2) is 36.3 Å². The highest BCUT2D eigenvalue weighted by molar-refractivity contribution is 8.00. The molecule has 0 bridgehead atoms. The Labute approximate surface area is 142 Å². The monoisotopic (exact) mass is 360 g/mol. The summed E-state index contributed by atoms with van der Waals surface area (Å²) in [6.45, 7) is 3.00. The molecule has 0 aliphatic rings. The molecule has 3 amide bonds. The predicted octanol–water partition coefficient (Wildman–Crippen LogP) is 2.22. The van der Waals surface area contributed by atoms with E-state index in [1.807, 2.05) is 12.2 Å². The van der Waals surface area contributed by atoms with Crippen LogP contribution in [0.15, 0.2) is 23.1 Å². The molecule has 0 heterocycles. The number of carbonyl (C=O) groups is 3. The Morgan fingerprint density at radius 2 is 2.00 bits per heavy atom. The summed E-state index contributed by atoms with van der Waals surface area (Å²) in [5, 5.41) is 4.52. The van der Waals surface area contributed by atoms with E-state index in [4.69, 9.17) is 0 Å². The molecule has 0 spiro atoms. The summed E-state index contributed by atoms with van der Waals surface area (Å²) in [5.41, 5.74) is 0. The fourth-order valence-electron chi connectivity index (χ4n) is 1.44. The zero-order valence-corrected chi connectivity index (χ0v) is 14.0. The predicted molar refractivity (Wildman–Crippen MR) is 84.5 cm³/mol. The molecule has 0 aromatic heterocycles. The zero-order valence-electron chi connectivity index (χ0n) is 13.2. The lowest BCUT2D eigenvalue weighted by Gasteiger charge is -2.11. The number of urea groups is 1. The number of hydrogen-bond acceptors (Lipinski definition) is 5. The van der Waals surface area contributed by atoms with Gasteiger partial charge in [0, 0.05) is 10.9 Å². The van der Waals surface area contributed by atoms with Crippen LogP contribution in [0.1, 0.15) is 20.3 Å². The molecule has 0 fully saturated rings. The maximum atomic E-state index is 13.4. The van der Waals surface area contributed by atoms with Crippen LogP contribution in [-0.2, 0) is 14.3 Å². The first kappa shape index (κ1) is 19.9. The Bertz CT molecular complexity index is 613. The second kappa shape index (κ2) is 9.86. The number of rotatable bonds is 7. The van der Waals surface area contributed by atoms with E-state index in [-0.39, 0.29) is 16.7 Å². The summed E-state index contributed by atoms with van der Waals surface area (Å²) in [6.07, 6.45) is 0.699. The minimum atomic E-state index is -0.791. The lowest BCUT2D eigenvalue weighted by molar-refractivity contribution is -0.145. The molecule has 0 saturated carbocycles. The molecule has 1 aromatic carbocycles. The second-order valence-corrected chi connectivity index (χ2v) is 5.87. The van der Waals surface area contributed by atoms with Crippen molar-refractivity contribution in [3.8, 4) is 0 Å². The molecule has 132 valence electrons. The summed E-state index contributed by atoms with van der Waals surface area (Å²) < 4.78 is 31.0. The number of hydrogen-bond donors (Lipinski definition) is 2. The lowest BCUT2D eigenvalue weighted by Crippen LogP contribution is -2.44. The van der Waals surface area contributed by atoms with Crippen molar-refractivity contribution in [2.24, 2.45) is 0 Å². The first-order valence-corrected chi connectivity index (χ1v) is 8.14. The van der Waals surface area contributed by atoms with E-state index in [0.717, 1.165) is 30.0 Å². The van der Waals surface area contributed by atoms with E-state index in [2.05, 4.69) is 10.1 Å². The summed E-state index contributed by atoms with van der Waals surface area (Å²) in [7, 11) is 0. The third kappa shape index (κ3) is 7.40. The molecular formula is C15H18F2N2O4S. The van der Waals surface area contributed by atoms with Crippen molar-refractivity contribution in [2.75, 3.05) is 12.4 Å². The van der Waals surface area contributed by atoms with Gasteiger partial charge in [0.1, 0.15) is 11.6 Å². The van der Waals surface area contributed by atoms with Crippen LogP contribution in [0.25, 0.3) is 0 Å². The highest BCUT2D eigenvalue weighted by atomic mass is 32.2. The Balaban J connectivity index is 2.31. The van der Waals surface area contributed by atoms with Gasteiger partial charge < -0.3 is 10.1 Å². The fourth-order valence-corrected chi connectivity index (χ4v) is 2.20. The molecule has 1 rings (SSSR count). The second-order valence-electron chi connectivity index (χ2n) is 4.86. The normalized spacial score (nSPS) is 11.5. The first-order valence-electron chi connectivity index (χ1n) is 7.15. The first-order chi connectivity index (χ1) is 11.3. The Morgan fingerprint density at radius 1 is 1.29 bits per heavy atom. The van der Waals surface area contributed by atoms with Crippen molar-refractivity contribution in [1.82, 2.24) is 10.6 Å². The molecule has 0 aliphatic heterocycles. The van der Waals surface area contributed by atoms with E-state index in [9.17, 15) is 23.2 Å². The third-order valence-electron chi connectivity index (χ3n) is 2.85. The van der Waals surface area contributed by atoms with Gasteiger partial charge in [-0.1, -0.05) is 6.92 Å². The number of nitrogens with one attached hydrogen (secondary N) is 2. The van der Waals surface area contributed by atoms with Gasteiger partial charge in [0.05, 0.1) is 5.75 Å². The SMILES string of the molecule is CC[C@@H](C)NC(=O)NC(=O)COC(=O)CSc1cc(F)ccc1F. The molecule has 24 heavy (non-hydrogen) atoms. The molecule has 6 nitrogen and oxygen atoms in total. The number of imide groups is 1. The summed E-state index contributed by atoms with van der Waals surface area (Å²) in [5.74, 6) is -3.16. The Hall–Kier alpha value is -2.16. The van der Waals surface area contributed by atoms with Crippen LogP contribution in [0, 0.1) is 11.6 Å². The molecule has 0 radical (unpaired) electrons. The van der Waals surface area contributed by atoms with Crippen molar-refractivity contribution in [3.63, 3.8) is 0 Å².